The Morgan fingerprint density at radius 3 is 2.60 bits per heavy atom. The quantitative estimate of drug-likeness (QED) is 0.222. The Morgan fingerprint density at radius 2 is 2.05 bits per heavy atom. The molecule has 20 heavy (non-hydrogen) atoms. The lowest BCUT2D eigenvalue weighted by molar-refractivity contribution is -0.154. The smallest absolute Gasteiger partial charge is 0.334 e. The van der Waals surface area contributed by atoms with Gasteiger partial charge in [-0.15, -0.1) is 0 Å². The molecule has 0 aliphatic carbocycles. The molecule has 0 bridgehead atoms. The number of unbranched alkanes of at least 4 members (excludes halogenated alkanes) is 1. The fourth-order valence-corrected chi connectivity index (χ4v) is 1.54. The van der Waals surface area contributed by atoms with Crippen molar-refractivity contribution in [1.29, 1.82) is 0 Å². The Hall–Kier alpha value is -1.18. The van der Waals surface area contributed by atoms with Crippen LogP contribution in [0.2, 0.25) is 0 Å². The number of aliphatic hydroxyl groups is 1. The van der Waals surface area contributed by atoms with E-state index in [2.05, 4.69) is 9.73 Å². The lowest BCUT2D eigenvalue weighted by Crippen LogP contribution is -2.39. The summed E-state index contributed by atoms with van der Waals surface area (Å²) >= 11 is 0. The standard InChI is InChI=1S/C13H27N3O4/c1-9(13(18)19-3)20-8-12(17)11(15)6-4-5-7-16-10(2)14/h9,11-12,17H,4-8,15H2,1-3H3,(H2,14,16). The number of aliphatic hydroxyl groups excluding tert-OH is 1. The molecule has 0 saturated carbocycles. The van der Waals surface area contributed by atoms with Gasteiger partial charge < -0.3 is 26.0 Å². The van der Waals surface area contributed by atoms with E-state index in [9.17, 15) is 9.90 Å². The Bertz CT molecular complexity index is 306. The Kier molecular flexibility index (Phi) is 9.96. The highest BCUT2D eigenvalue weighted by Gasteiger charge is 2.19. The summed E-state index contributed by atoms with van der Waals surface area (Å²) in [5.41, 5.74) is 11.3. The van der Waals surface area contributed by atoms with Crippen molar-refractivity contribution in [2.75, 3.05) is 20.3 Å². The molecule has 3 atom stereocenters. The Morgan fingerprint density at radius 1 is 1.40 bits per heavy atom. The number of rotatable bonds is 10. The van der Waals surface area contributed by atoms with Crippen molar-refractivity contribution in [3.05, 3.63) is 0 Å². The summed E-state index contributed by atoms with van der Waals surface area (Å²) in [5.74, 6) is 0.0975. The molecule has 7 nitrogen and oxygen atoms in total. The van der Waals surface area contributed by atoms with Crippen LogP contribution in [-0.4, -0.2) is 55.4 Å². The van der Waals surface area contributed by atoms with E-state index in [1.807, 2.05) is 0 Å². The van der Waals surface area contributed by atoms with Crippen LogP contribution in [-0.2, 0) is 14.3 Å². The van der Waals surface area contributed by atoms with E-state index < -0.39 is 18.2 Å². The first-order chi connectivity index (χ1) is 9.38. The topological polar surface area (TPSA) is 120 Å². The molecule has 118 valence electrons. The minimum atomic E-state index is -0.804. The molecule has 0 heterocycles. The number of carbonyl (C=O) groups is 1. The lowest BCUT2D eigenvalue weighted by atomic mass is 10.1. The minimum absolute atomic E-state index is 0.0114. The normalized spacial score (nSPS) is 16.6. The summed E-state index contributed by atoms with van der Waals surface area (Å²) in [6.07, 6.45) is 0.872. The van der Waals surface area contributed by atoms with Gasteiger partial charge in [-0.3, -0.25) is 4.99 Å². The van der Waals surface area contributed by atoms with Crippen molar-refractivity contribution >= 4 is 11.8 Å². The fourth-order valence-electron chi connectivity index (χ4n) is 1.54. The van der Waals surface area contributed by atoms with Gasteiger partial charge in [0.25, 0.3) is 0 Å². The molecule has 0 fully saturated rings. The molecule has 3 unspecified atom stereocenters. The van der Waals surface area contributed by atoms with Gasteiger partial charge in [-0.1, -0.05) is 0 Å². The summed E-state index contributed by atoms with van der Waals surface area (Å²) < 4.78 is 9.71. The molecule has 0 rings (SSSR count). The van der Waals surface area contributed by atoms with Gasteiger partial charge in [-0.25, -0.2) is 4.79 Å². The zero-order valence-corrected chi connectivity index (χ0v) is 12.5. The lowest BCUT2D eigenvalue weighted by Gasteiger charge is -2.20. The van der Waals surface area contributed by atoms with Crippen molar-refractivity contribution in [1.82, 2.24) is 0 Å². The number of carbonyl (C=O) groups excluding carboxylic acids is 1. The van der Waals surface area contributed by atoms with Crippen LogP contribution in [0.3, 0.4) is 0 Å². The van der Waals surface area contributed by atoms with Crippen molar-refractivity contribution in [3.8, 4) is 0 Å². The highest BCUT2D eigenvalue weighted by atomic mass is 16.6. The van der Waals surface area contributed by atoms with E-state index in [0.717, 1.165) is 12.8 Å². The molecule has 0 amide bonds. The van der Waals surface area contributed by atoms with Crippen LogP contribution in [0.15, 0.2) is 4.99 Å². The first-order valence-electron chi connectivity index (χ1n) is 6.78. The van der Waals surface area contributed by atoms with Crippen LogP contribution in [0, 0.1) is 0 Å². The molecule has 0 spiro atoms. The van der Waals surface area contributed by atoms with Gasteiger partial charge in [0.2, 0.25) is 0 Å². The van der Waals surface area contributed by atoms with Gasteiger partial charge in [-0.05, 0) is 33.1 Å². The maximum absolute atomic E-state index is 11.1. The van der Waals surface area contributed by atoms with Crippen LogP contribution in [0.1, 0.15) is 33.1 Å². The number of esters is 1. The van der Waals surface area contributed by atoms with E-state index in [1.54, 1.807) is 13.8 Å². The van der Waals surface area contributed by atoms with Crippen LogP contribution >= 0.6 is 0 Å². The number of hydrogen-bond donors (Lipinski definition) is 3. The molecule has 7 heteroatoms. The van der Waals surface area contributed by atoms with Gasteiger partial charge in [0.05, 0.1) is 25.7 Å². The van der Waals surface area contributed by atoms with E-state index in [4.69, 9.17) is 16.2 Å². The monoisotopic (exact) mass is 289 g/mol. The van der Waals surface area contributed by atoms with Gasteiger partial charge in [-0.2, -0.15) is 0 Å². The number of amidine groups is 1. The SMILES string of the molecule is COC(=O)C(C)OCC(O)C(N)CCCCN=C(C)N. The molecular formula is C13H27N3O4. The van der Waals surface area contributed by atoms with E-state index in [1.165, 1.54) is 7.11 Å². The third-order valence-electron chi connectivity index (χ3n) is 2.85. The average molecular weight is 289 g/mol. The predicted molar refractivity (Wildman–Crippen MR) is 77.4 cm³/mol. The summed E-state index contributed by atoms with van der Waals surface area (Å²) in [5, 5.41) is 9.82. The number of methoxy groups -OCH3 is 1. The van der Waals surface area contributed by atoms with Crippen LogP contribution in [0.4, 0.5) is 0 Å². The Balaban J connectivity index is 3.78. The molecular weight excluding hydrogens is 262 g/mol. The summed E-state index contributed by atoms with van der Waals surface area (Å²) in [6.45, 7) is 3.99. The average Bonchev–Trinajstić information content (AvgIpc) is 2.42. The van der Waals surface area contributed by atoms with Crippen molar-refractivity contribution in [2.24, 2.45) is 16.5 Å². The van der Waals surface area contributed by atoms with Gasteiger partial charge in [0, 0.05) is 12.6 Å². The second-order valence-corrected chi connectivity index (χ2v) is 4.75. The maximum Gasteiger partial charge on any atom is 0.334 e. The molecule has 0 aromatic rings. The number of ether oxygens (including phenoxy) is 2. The number of hydrogen-bond acceptors (Lipinski definition) is 6. The van der Waals surface area contributed by atoms with E-state index in [-0.39, 0.29) is 12.6 Å². The molecule has 5 N–H and O–H groups in total. The largest absolute Gasteiger partial charge is 0.467 e. The first kappa shape index (κ1) is 18.8. The minimum Gasteiger partial charge on any atom is -0.467 e. The second kappa shape index (κ2) is 10.6. The van der Waals surface area contributed by atoms with Crippen LogP contribution < -0.4 is 11.5 Å². The third-order valence-corrected chi connectivity index (χ3v) is 2.85. The molecule has 0 aliphatic rings. The number of aliphatic imine (C=N–C) groups is 1. The number of nitrogens with zero attached hydrogens (tertiary/aromatic N) is 1. The molecule has 0 aliphatic heterocycles. The summed E-state index contributed by atoms with van der Waals surface area (Å²) in [7, 11) is 1.29. The second-order valence-electron chi connectivity index (χ2n) is 4.75. The van der Waals surface area contributed by atoms with Gasteiger partial charge >= 0.3 is 5.97 Å². The maximum atomic E-state index is 11.1. The van der Waals surface area contributed by atoms with E-state index in [0.29, 0.717) is 18.8 Å². The molecule has 0 aromatic carbocycles. The zero-order chi connectivity index (χ0) is 15.5. The highest BCUT2D eigenvalue weighted by Crippen LogP contribution is 2.05. The predicted octanol–water partition coefficient (Wildman–Crippen LogP) is -0.200. The highest BCUT2D eigenvalue weighted by molar-refractivity contribution is 5.77. The van der Waals surface area contributed by atoms with E-state index >= 15 is 0 Å². The number of nitrogens with two attached hydrogens (primary N) is 2. The third kappa shape index (κ3) is 8.84. The van der Waals surface area contributed by atoms with Crippen molar-refractivity contribution in [2.45, 2.75) is 51.4 Å². The van der Waals surface area contributed by atoms with Crippen LogP contribution in [0.5, 0.6) is 0 Å². The van der Waals surface area contributed by atoms with Crippen LogP contribution in [0.25, 0.3) is 0 Å². The summed E-state index contributed by atoms with van der Waals surface area (Å²) in [6, 6.07) is -0.386. The molecule has 0 radical (unpaired) electrons. The fraction of sp³-hybridized carbons (Fsp3) is 0.846. The van der Waals surface area contributed by atoms with Crippen molar-refractivity contribution in [3.63, 3.8) is 0 Å². The first-order valence-corrected chi connectivity index (χ1v) is 6.78. The Labute approximate surface area is 120 Å². The zero-order valence-electron chi connectivity index (χ0n) is 12.5. The van der Waals surface area contributed by atoms with Gasteiger partial charge in [0.15, 0.2) is 6.10 Å². The molecule has 0 aromatic heterocycles. The van der Waals surface area contributed by atoms with Crippen molar-refractivity contribution < 1.29 is 19.4 Å². The molecule has 0 saturated heterocycles. The summed E-state index contributed by atoms with van der Waals surface area (Å²) in [4.78, 5) is 15.2. The van der Waals surface area contributed by atoms with Gasteiger partial charge in [0.1, 0.15) is 0 Å².